The van der Waals surface area contributed by atoms with Gasteiger partial charge >= 0.3 is 0 Å². The van der Waals surface area contributed by atoms with Crippen molar-refractivity contribution in [2.75, 3.05) is 4.90 Å². The Labute approximate surface area is 220 Å². The maximum absolute atomic E-state index is 13.7. The lowest BCUT2D eigenvalue weighted by Crippen LogP contribution is -2.46. The number of benzene rings is 3. The largest absolute Gasteiger partial charge is 0.347 e. The average molecular weight is 518 g/mol. The van der Waals surface area contributed by atoms with Crippen molar-refractivity contribution >= 4 is 40.7 Å². The number of anilines is 1. The number of halogens is 2. The molecule has 2 unspecified atom stereocenters. The van der Waals surface area contributed by atoms with E-state index in [0.717, 1.165) is 16.7 Å². The van der Waals surface area contributed by atoms with Crippen molar-refractivity contribution in [3.63, 3.8) is 0 Å². The van der Waals surface area contributed by atoms with E-state index in [0.29, 0.717) is 11.3 Å². The SMILES string of the molecule is CC(NC(=O)C(c1cccnc1)N(C(=O)C(Cl)Cl)c1ccc(-c2ccccc2)cc1)c1ccccc1. The Balaban J connectivity index is 1.74. The van der Waals surface area contributed by atoms with Crippen LogP contribution in [0.2, 0.25) is 0 Å². The molecule has 3 aromatic carbocycles. The zero-order valence-corrected chi connectivity index (χ0v) is 21.1. The molecule has 0 spiro atoms. The molecule has 0 bridgehead atoms. The average Bonchev–Trinajstić information content (AvgIpc) is 2.92. The Kier molecular flexibility index (Phi) is 8.36. The highest BCUT2D eigenvalue weighted by Crippen LogP contribution is 2.32. The van der Waals surface area contributed by atoms with Gasteiger partial charge in [-0.3, -0.25) is 19.5 Å². The molecule has 5 nitrogen and oxygen atoms in total. The number of nitrogens with zero attached hydrogens (tertiary/aromatic N) is 2. The molecule has 4 aromatic rings. The van der Waals surface area contributed by atoms with Crippen LogP contribution in [0.4, 0.5) is 5.69 Å². The first-order valence-corrected chi connectivity index (χ1v) is 12.3. The summed E-state index contributed by atoms with van der Waals surface area (Å²) in [5.41, 5.74) is 3.97. The normalized spacial score (nSPS) is 12.6. The highest BCUT2D eigenvalue weighted by atomic mass is 35.5. The van der Waals surface area contributed by atoms with Crippen LogP contribution in [-0.2, 0) is 9.59 Å². The monoisotopic (exact) mass is 517 g/mol. The summed E-state index contributed by atoms with van der Waals surface area (Å²) in [6, 6.07) is 29.0. The van der Waals surface area contributed by atoms with Crippen molar-refractivity contribution in [2.24, 2.45) is 0 Å². The van der Waals surface area contributed by atoms with Gasteiger partial charge in [0.05, 0.1) is 6.04 Å². The van der Waals surface area contributed by atoms with E-state index in [-0.39, 0.29) is 11.9 Å². The quantitative estimate of drug-likeness (QED) is 0.271. The number of nitrogens with one attached hydrogen (secondary N) is 1. The highest BCUT2D eigenvalue weighted by Gasteiger charge is 2.36. The predicted octanol–water partition coefficient (Wildman–Crippen LogP) is 6.50. The molecule has 7 heteroatoms. The minimum absolute atomic E-state index is 0.293. The molecule has 0 radical (unpaired) electrons. The number of hydrogen-bond acceptors (Lipinski definition) is 3. The van der Waals surface area contributed by atoms with Crippen LogP contribution in [0.15, 0.2) is 109 Å². The number of carbonyl (C=O) groups excluding carboxylic acids is 2. The molecule has 1 aromatic heterocycles. The number of aromatic nitrogens is 1. The molecule has 1 heterocycles. The molecule has 182 valence electrons. The van der Waals surface area contributed by atoms with E-state index in [2.05, 4.69) is 10.3 Å². The first kappa shape index (κ1) is 25.4. The molecule has 1 N–H and O–H groups in total. The summed E-state index contributed by atoms with van der Waals surface area (Å²) in [4.78, 5) is 31.2. The van der Waals surface area contributed by atoms with Gasteiger partial charge in [-0.2, -0.15) is 0 Å². The molecule has 4 rings (SSSR count). The van der Waals surface area contributed by atoms with Crippen molar-refractivity contribution in [2.45, 2.75) is 23.8 Å². The topological polar surface area (TPSA) is 62.3 Å². The van der Waals surface area contributed by atoms with E-state index < -0.39 is 16.8 Å². The second-order valence-corrected chi connectivity index (χ2v) is 9.35. The third kappa shape index (κ3) is 5.93. The van der Waals surface area contributed by atoms with E-state index in [9.17, 15) is 9.59 Å². The number of pyridine rings is 1. The molecular weight excluding hydrogens is 493 g/mol. The summed E-state index contributed by atoms with van der Waals surface area (Å²) < 4.78 is 0. The molecule has 2 atom stereocenters. The minimum Gasteiger partial charge on any atom is -0.347 e. The predicted molar refractivity (Wildman–Crippen MR) is 145 cm³/mol. The van der Waals surface area contributed by atoms with Crippen molar-refractivity contribution < 1.29 is 9.59 Å². The van der Waals surface area contributed by atoms with Gasteiger partial charge in [-0.25, -0.2) is 0 Å². The Morgan fingerprint density at radius 2 is 1.36 bits per heavy atom. The van der Waals surface area contributed by atoms with Crippen LogP contribution in [0.1, 0.15) is 30.1 Å². The smallest absolute Gasteiger partial charge is 0.261 e. The lowest BCUT2D eigenvalue weighted by Gasteiger charge is -2.32. The second-order valence-electron chi connectivity index (χ2n) is 8.25. The lowest BCUT2D eigenvalue weighted by molar-refractivity contribution is -0.126. The zero-order chi connectivity index (χ0) is 25.5. The van der Waals surface area contributed by atoms with Crippen LogP contribution in [0, 0.1) is 0 Å². The van der Waals surface area contributed by atoms with Crippen LogP contribution < -0.4 is 10.2 Å². The van der Waals surface area contributed by atoms with Gasteiger partial charge in [-0.15, -0.1) is 0 Å². The molecule has 0 saturated carbocycles. The number of amides is 2. The van der Waals surface area contributed by atoms with E-state index in [1.807, 2.05) is 79.7 Å². The number of rotatable bonds is 8. The van der Waals surface area contributed by atoms with Crippen LogP contribution in [-0.4, -0.2) is 21.6 Å². The van der Waals surface area contributed by atoms with Crippen molar-refractivity contribution in [1.29, 1.82) is 0 Å². The maximum Gasteiger partial charge on any atom is 0.261 e. The standard InChI is InChI=1S/C29H25Cl2N3O2/c1-20(21-9-4-2-5-10-21)33-28(35)26(24-13-8-18-32-19-24)34(29(36)27(30)31)25-16-14-23(15-17-25)22-11-6-3-7-12-22/h2-20,26-27H,1H3,(H,33,35). The molecule has 36 heavy (non-hydrogen) atoms. The van der Waals surface area contributed by atoms with Gasteiger partial charge in [-0.1, -0.05) is 102 Å². The highest BCUT2D eigenvalue weighted by molar-refractivity contribution is 6.54. The summed E-state index contributed by atoms with van der Waals surface area (Å²) >= 11 is 12.1. The fourth-order valence-corrected chi connectivity index (χ4v) is 4.24. The molecule has 0 aliphatic rings. The summed E-state index contributed by atoms with van der Waals surface area (Å²) in [5.74, 6) is -0.990. The molecular formula is C29H25Cl2N3O2. The Hall–Kier alpha value is -3.67. The van der Waals surface area contributed by atoms with Crippen LogP contribution in [0.5, 0.6) is 0 Å². The van der Waals surface area contributed by atoms with Crippen molar-refractivity contribution in [1.82, 2.24) is 10.3 Å². The Morgan fingerprint density at radius 3 is 1.94 bits per heavy atom. The van der Waals surface area contributed by atoms with Crippen LogP contribution in [0.3, 0.4) is 0 Å². The fourth-order valence-electron chi connectivity index (χ4n) is 4.03. The first-order valence-electron chi connectivity index (χ1n) is 11.5. The van der Waals surface area contributed by atoms with Crippen molar-refractivity contribution in [3.8, 4) is 11.1 Å². The zero-order valence-electron chi connectivity index (χ0n) is 19.6. The van der Waals surface area contributed by atoms with Gasteiger partial charge in [-0.05, 0) is 41.8 Å². The lowest BCUT2D eigenvalue weighted by atomic mass is 10.0. The number of carbonyl (C=O) groups is 2. The number of hydrogen-bond donors (Lipinski definition) is 1. The van der Waals surface area contributed by atoms with Gasteiger partial charge in [0.2, 0.25) is 5.91 Å². The van der Waals surface area contributed by atoms with E-state index in [1.54, 1.807) is 36.7 Å². The third-order valence-corrected chi connectivity index (χ3v) is 6.22. The van der Waals surface area contributed by atoms with Crippen molar-refractivity contribution in [3.05, 3.63) is 121 Å². The van der Waals surface area contributed by atoms with E-state index in [4.69, 9.17) is 23.2 Å². The Morgan fingerprint density at radius 1 is 0.778 bits per heavy atom. The molecule has 0 saturated heterocycles. The first-order chi connectivity index (χ1) is 17.5. The number of alkyl halides is 2. The molecule has 2 amide bonds. The minimum atomic E-state index is -1.36. The summed E-state index contributed by atoms with van der Waals surface area (Å²) in [5, 5.41) is 3.03. The van der Waals surface area contributed by atoms with Gasteiger partial charge in [0.25, 0.3) is 5.91 Å². The van der Waals surface area contributed by atoms with Crippen LogP contribution in [0.25, 0.3) is 11.1 Å². The Bertz CT molecular complexity index is 1280. The molecule has 0 aliphatic carbocycles. The maximum atomic E-state index is 13.7. The van der Waals surface area contributed by atoms with Gasteiger partial charge in [0.15, 0.2) is 4.84 Å². The van der Waals surface area contributed by atoms with Crippen LogP contribution >= 0.6 is 23.2 Å². The molecule has 0 aliphatic heterocycles. The summed E-state index contributed by atoms with van der Waals surface area (Å²) in [6.07, 6.45) is 3.17. The third-order valence-electron chi connectivity index (χ3n) is 5.84. The van der Waals surface area contributed by atoms with Gasteiger partial charge < -0.3 is 5.32 Å². The summed E-state index contributed by atoms with van der Waals surface area (Å²) in [6.45, 7) is 1.89. The second kappa shape index (κ2) is 11.8. The van der Waals surface area contributed by atoms with Gasteiger partial charge in [0.1, 0.15) is 6.04 Å². The van der Waals surface area contributed by atoms with E-state index >= 15 is 0 Å². The summed E-state index contributed by atoms with van der Waals surface area (Å²) in [7, 11) is 0. The fraction of sp³-hybridized carbons (Fsp3) is 0.138. The molecule has 0 fully saturated rings. The van der Waals surface area contributed by atoms with Gasteiger partial charge in [0, 0.05) is 23.6 Å². The van der Waals surface area contributed by atoms with E-state index in [1.165, 1.54) is 4.90 Å².